The number of piperidine rings is 1. The molecule has 2 N–H and O–H groups in total. The van der Waals surface area contributed by atoms with Gasteiger partial charge in [-0.15, -0.1) is 0 Å². The van der Waals surface area contributed by atoms with Crippen molar-refractivity contribution in [1.29, 1.82) is 0 Å². The van der Waals surface area contributed by atoms with Gasteiger partial charge in [0.1, 0.15) is 11.9 Å². The molecule has 0 spiro atoms. The van der Waals surface area contributed by atoms with E-state index < -0.39 is 0 Å². The minimum atomic E-state index is -0.366. The van der Waals surface area contributed by atoms with Crippen molar-refractivity contribution < 1.29 is 9.84 Å². The summed E-state index contributed by atoms with van der Waals surface area (Å²) in [7, 11) is 0. The Balaban J connectivity index is 1.83. The molecule has 4 heteroatoms. The van der Waals surface area contributed by atoms with E-state index in [0.717, 1.165) is 62.4 Å². The number of likely N-dealkylation sites (N-methyl/N-ethyl adjacent to an activating group) is 1. The molecule has 2 aliphatic heterocycles. The summed E-state index contributed by atoms with van der Waals surface area (Å²) >= 11 is 0. The summed E-state index contributed by atoms with van der Waals surface area (Å²) < 4.78 is 6.06. The predicted molar refractivity (Wildman–Crippen MR) is 89.6 cm³/mol. The molecular formula is C18H28N2O2. The van der Waals surface area contributed by atoms with Crippen LogP contribution in [-0.2, 0) is 0 Å². The summed E-state index contributed by atoms with van der Waals surface area (Å²) in [5.41, 5.74) is 2.17. The Labute approximate surface area is 133 Å². The smallest absolute Gasteiger partial charge is 0.143 e. The molecule has 1 aromatic carbocycles. The van der Waals surface area contributed by atoms with Crippen LogP contribution in [0.5, 0.6) is 5.75 Å². The lowest BCUT2D eigenvalue weighted by Gasteiger charge is -2.36. The van der Waals surface area contributed by atoms with E-state index in [4.69, 9.17) is 4.74 Å². The van der Waals surface area contributed by atoms with Gasteiger partial charge in [-0.05, 0) is 62.9 Å². The SMILES string of the molecule is CCC1CN(CC)c2cc(C(O)C3CCNCC3)ccc2O1. The lowest BCUT2D eigenvalue weighted by Crippen LogP contribution is -2.39. The summed E-state index contributed by atoms with van der Waals surface area (Å²) in [5, 5.41) is 14.1. The second-order valence-corrected chi connectivity index (χ2v) is 6.45. The van der Waals surface area contributed by atoms with Gasteiger partial charge in [0, 0.05) is 6.54 Å². The third-order valence-corrected chi connectivity index (χ3v) is 5.05. The molecule has 4 nitrogen and oxygen atoms in total. The molecule has 2 unspecified atom stereocenters. The molecule has 0 radical (unpaired) electrons. The van der Waals surface area contributed by atoms with Crippen LogP contribution in [0.25, 0.3) is 0 Å². The Kier molecular flexibility index (Phi) is 4.89. The van der Waals surface area contributed by atoms with Crippen molar-refractivity contribution in [2.24, 2.45) is 5.92 Å². The normalized spacial score (nSPS) is 23.8. The third kappa shape index (κ3) is 3.08. The van der Waals surface area contributed by atoms with Crippen molar-refractivity contribution in [1.82, 2.24) is 5.32 Å². The molecule has 0 bridgehead atoms. The highest BCUT2D eigenvalue weighted by molar-refractivity contribution is 5.62. The monoisotopic (exact) mass is 304 g/mol. The van der Waals surface area contributed by atoms with Gasteiger partial charge in [-0.25, -0.2) is 0 Å². The maximum atomic E-state index is 10.7. The van der Waals surface area contributed by atoms with Gasteiger partial charge < -0.3 is 20.1 Å². The molecule has 0 aromatic heterocycles. The molecule has 2 aliphatic rings. The second kappa shape index (κ2) is 6.88. The number of nitrogens with one attached hydrogen (secondary N) is 1. The number of nitrogens with zero attached hydrogens (tertiary/aromatic N) is 1. The summed E-state index contributed by atoms with van der Waals surface area (Å²) in [6.45, 7) is 8.27. The zero-order valence-corrected chi connectivity index (χ0v) is 13.7. The second-order valence-electron chi connectivity index (χ2n) is 6.45. The first-order valence-electron chi connectivity index (χ1n) is 8.67. The molecular weight excluding hydrogens is 276 g/mol. The van der Waals surface area contributed by atoms with E-state index in [-0.39, 0.29) is 12.2 Å². The average Bonchev–Trinajstić information content (AvgIpc) is 2.60. The molecule has 2 atom stereocenters. The highest BCUT2D eigenvalue weighted by atomic mass is 16.5. The van der Waals surface area contributed by atoms with E-state index in [2.05, 4.69) is 30.1 Å². The first-order valence-corrected chi connectivity index (χ1v) is 8.67. The van der Waals surface area contributed by atoms with Gasteiger partial charge >= 0.3 is 0 Å². The van der Waals surface area contributed by atoms with Crippen molar-refractivity contribution in [2.45, 2.75) is 45.3 Å². The largest absolute Gasteiger partial charge is 0.486 e. The van der Waals surface area contributed by atoms with Gasteiger partial charge in [0.05, 0.1) is 18.3 Å². The van der Waals surface area contributed by atoms with Gasteiger partial charge in [0.15, 0.2) is 0 Å². The first kappa shape index (κ1) is 15.6. The Hall–Kier alpha value is -1.26. The Morgan fingerprint density at radius 2 is 2.09 bits per heavy atom. The summed E-state index contributed by atoms with van der Waals surface area (Å²) in [6, 6.07) is 6.22. The molecule has 0 saturated carbocycles. The molecule has 0 amide bonds. The lowest BCUT2D eigenvalue weighted by atomic mass is 9.88. The number of hydrogen-bond acceptors (Lipinski definition) is 4. The molecule has 2 heterocycles. The Morgan fingerprint density at radius 3 is 2.77 bits per heavy atom. The van der Waals surface area contributed by atoms with E-state index >= 15 is 0 Å². The quantitative estimate of drug-likeness (QED) is 0.898. The Morgan fingerprint density at radius 1 is 1.32 bits per heavy atom. The van der Waals surface area contributed by atoms with Crippen molar-refractivity contribution in [3.05, 3.63) is 23.8 Å². The predicted octanol–water partition coefficient (Wildman–Crippen LogP) is 2.72. The van der Waals surface area contributed by atoms with Crippen LogP contribution in [0.1, 0.15) is 44.8 Å². The van der Waals surface area contributed by atoms with Gasteiger partial charge in [-0.2, -0.15) is 0 Å². The van der Waals surface area contributed by atoms with Crippen LogP contribution in [0.4, 0.5) is 5.69 Å². The van der Waals surface area contributed by atoms with Gasteiger partial charge in [-0.3, -0.25) is 0 Å². The summed E-state index contributed by atoms with van der Waals surface area (Å²) in [5.74, 6) is 1.32. The van der Waals surface area contributed by atoms with Crippen LogP contribution in [0.15, 0.2) is 18.2 Å². The molecule has 22 heavy (non-hydrogen) atoms. The summed E-state index contributed by atoms with van der Waals surface area (Å²) in [6.07, 6.45) is 3.02. The zero-order valence-electron chi connectivity index (χ0n) is 13.7. The number of aliphatic hydroxyl groups is 1. The van der Waals surface area contributed by atoms with Gasteiger partial charge in [0.25, 0.3) is 0 Å². The minimum absolute atomic E-state index is 0.271. The Bertz CT molecular complexity index is 500. The molecule has 122 valence electrons. The van der Waals surface area contributed by atoms with Gasteiger partial charge in [-0.1, -0.05) is 13.0 Å². The van der Waals surface area contributed by atoms with Crippen LogP contribution in [0, 0.1) is 5.92 Å². The van der Waals surface area contributed by atoms with Crippen LogP contribution in [0.2, 0.25) is 0 Å². The molecule has 0 aliphatic carbocycles. The minimum Gasteiger partial charge on any atom is -0.486 e. The maximum absolute atomic E-state index is 10.7. The average molecular weight is 304 g/mol. The fourth-order valence-electron chi connectivity index (χ4n) is 3.57. The van der Waals surface area contributed by atoms with E-state index in [1.165, 1.54) is 0 Å². The van der Waals surface area contributed by atoms with E-state index in [1.54, 1.807) is 0 Å². The molecule has 3 rings (SSSR count). The maximum Gasteiger partial charge on any atom is 0.143 e. The van der Waals surface area contributed by atoms with Crippen molar-refractivity contribution >= 4 is 5.69 Å². The number of hydrogen-bond donors (Lipinski definition) is 2. The van der Waals surface area contributed by atoms with E-state index in [1.807, 2.05) is 12.1 Å². The number of anilines is 1. The van der Waals surface area contributed by atoms with Gasteiger partial charge in [0.2, 0.25) is 0 Å². The fourth-order valence-corrected chi connectivity index (χ4v) is 3.57. The van der Waals surface area contributed by atoms with E-state index in [0.29, 0.717) is 5.92 Å². The standard InChI is InChI=1S/C18H28N2O2/c1-3-15-12-20(4-2)16-11-14(5-6-17(16)22-15)18(21)13-7-9-19-10-8-13/h5-6,11,13,15,18-19,21H,3-4,7-10,12H2,1-2H3. The van der Waals surface area contributed by atoms with Crippen molar-refractivity contribution in [2.75, 3.05) is 31.1 Å². The fraction of sp³-hybridized carbons (Fsp3) is 0.667. The van der Waals surface area contributed by atoms with Crippen molar-refractivity contribution in [3.63, 3.8) is 0 Å². The number of aliphatic hydroxyl groups excluding tert-OH is 1. The number of fused-ring (bicyclic) bond motifs is 1. The van der Waals surface area contributed by atoms with Crippen molar-refractivity contribution in [3.8, 4) is 5.75 Å². The van der Waals surface area contributed by atoms with Crippen LogP contribution in [0.3, 0.4) is 0 Å². The van der Waals surface area contributed by atoms with Crippen LogP contribution in [-0.4, -0.2) is 37.4 Å². The molecule has 1 aromatic rings. The number of benzene rings is 1. The topological polar surface area (TPSA) is 44.7 Å². The third-order valence-electron chi connectivity index (χ3n) is 5.05. The van der Waals surface area contributed by atoms with Crippen LogP contribution < -0.4 is 15.0 Å². The lowest BCUT2D eigenvalue weighted by molar-refractivity contribution is 0.0887. The zero-order chi connectivity index (χ0) is 15.5. The molecule has 1 fully saturated rings. The van der Waals surface area contributed by atoms with E-state index in [9.17, 15) is 5.11 Å². The molecule has 1 saturated heterocycles. The summed E-state index contributed by atoms with van der Waals surface area (Å²) in [4.78, 5) is 2.37. The highest BCUT2D eigenvalue weighted by Gasteiger charge is 2.27. The number of ether oxygens (including phenoxy) is 1. The number of rotatable bonds is 4. The first-order chi connectivity index (χ1) is 10.7. The highest BCUT2D eigenvalue weighted by Crippen LogP contribution is 2.38. The van der Waals surface area contributed by atoms with Crippen LogP contribution >= 0.6 is 0 Å².